The van der Waals surface area contributed by atoms with Gasteiger partial charge < -0.3 is 15.0 Å². The van der Waals surface area contributed by atoms with Gasteiger partial charge in [0.15, 0.2) is 5.82 Å². The number of amides is 1. The second-order valence-electron chi connectivity index (χ2n) is 6.49. The van der Waals surface area contributed by atoms with E-state index in [-0.39, 0.29) is 12.0 Å². The lowest BCUT2D eigenvalue weighted by Gasteiger charge is -2.32. The van der Waals surface area contributed by atoms with Crippen LogP contribution in [-0.4, -0.2) is 45.7 Å². The third-order valence-electron chi connectivity index (χ3n) is 4.44. The van der Waals surface area contributed by atoms with Crippen LogP contribution < -0.4 is 5.32 Å². The van der Waals surface area contributed by atoms with Crippen molar-refractivity contribution in [2.45, 2.75) is 13.0 Å². The second-order valence-corrected chi connectivity index (χ2v) is 6.49. The summed E-state index contributed by atoms with van der Waals surface area (Å²) < 4.78 is 5.88. The van der Waals surface area contributed by atoms with E-state index in [1.54, 1.807) is 0 Å². The number of pyridine rings is 1. The molecule has 0 bridgehead atoms. The molecule has 1 aliphatic heterocycles. The summed E-state index contributed by atoms with van der Waals surface area (Å²) in [7, 11) is 0. The minimum atomic E-state index is -0.255. The normalized spacial score (nSPS) is 16.9. The Kier molecular flexibility index (Phi) is 4.84. The highest BCUT2D eigenvalue weighted by molar-refractivity contribution is 5.94. The molecule has 0 unspecified atom stereocenters. The fourth-order valence-electron chi connectivity index (χ4n) is 3.09. The fourth-order valence-corrected chi connectivity index (χ4v) is 3.09. The first-order valence-corrected chi connectivity index (χ1v) is 8.91. The van der Waals surface area contributed by atoms with E-state index in [1.165, 1.54) is 0 Å². The molecular weight excluding hydrogens is 342 g/mol. The van der Waals surface area contributed by atoms with Crippen molar-refractivity contribution >= 4 is 17.5 Å². The highest BCUT2D eigenvalue weighted by Crippen LogP contribution is 2.24. The molecule has 1 amide bonds. The molecule has 4 rings (SSSR count). The van der Waals surface area contributed by atoms with Crippen LogP contribution in [0.2, 0.25) is 0 Å². The van der Waals surface area contributed by atoms with Crippen LogP contribution in [0, 0.1) is 6.92 Å². The monoisotopic (exact) mass is 363 g/mol. The lowest BCUT2D eigenvalue weighted by Crippen LogP contribution is -2.42. The van der Waals surface area contributed by atoms with Gasteiger partial charge in [-0.3, -0.25) is 9.89 Å². The van der Waals surface area contributed by atoms with Crippen molar-refractivity contribution < 1.29 is 9.53 Å². The number of H-pyrrole nitrogens is 1. The largest absolute Gasteiger partial charge is 0.368 e. The predicted octanol–water partition coefficient (Wildman–Crippen LogP) is 3.07. The number of anilines is 2. The number of morpholine rings is 1. The first-order chi connectivity index (χ1) is 13.2. The number of carbonyl (C=O) groups excluding carboxylic acids is 1. The van der Waals surface area contributed by atoms with Gasteiger partial charge in [0.05, 0.1) is 18.8 Å². The molecule has 0 radical (unpaired) electrons. The van der Waals surface area contributed by atoms with E-state index in [2.05, 4.69) is 20.5 Å². The highest BCUT2D eigenvalue weighted by Gasteiger charge is 2.27. The van der Waals surface area contributed by atoms with Gasteiger partial charge in [0.1, 0.15) is 11.9 Å². The summed E-state index contributed by atoms with van der Waals surface area (Å²) in [4.78, 5) is 19.2. The average Bonchev–Trinajstić information content (AvgIpc) is 3.13. The maximum absolute atomic E-state index is 12.7. The molecule has 7 nitrogen and oxygen atoms in total. The number of aromatic amines is 1. The van der Waals surface area contributed by atoms with Crippen LogP contribution in [0.25, 0.3) is 0 Å². The van der Waals surface area contributed by atoms with E-state index in [0.717, 1.165) is 11.4 Å². The third kappa shape index (κ3) is 3.98. The van der Waals surface area contributed by atoms with Gasteiger partial charge >= 0.3 is 0 Å². The fraction of sp³-hybridized carbons (Fsp3) is 0.250. The maximum atomic E-state index is 12.7. The van der Waals surface area contributed by atoms with Gasteiger partial charge in [-0.25, -0.2) is 4.98 Å². The molecule has 3 aromatic rings. The Hall–Kier alpha value is -3.19. The molecule has 0 saturated carbocycles. The summed E-state index contributed by atoms with van der Waals surface area (Å²) in [6.45, 7) is 3.48. The highest BCUT2D eigenvalue weighted by atomic mass is 16.5. The Morgan fingerprint density at radius 1 is 1.19 bits per heavy atom. The lowest BCUT2D eigenvalue weighted by atomic mass is 10.1. The number of hydrogen-bond donors (Lipinski definition) is 2. The van der Waals surface area contributed by atoms with Crippen molar-refractivity contribution in [2.24, 2.45) is 0 Å². The molecule has 1 saturated heterocycles. The maximum Gasteiger partial charge on any atom is 0.254 e. The molecule has 1 atom stereocenters. The molecule has 0 aliphatic carbocycles. The number of nitrogens with one attached hydrogen (secondary N) is 2. The molecule has 1 fully saturated rings. The summed E-state index contributed by atoms with van der Waals surface area (Å²) in [5.41, 5.74) is 2.45. The van der Waals surface area contributed by atoms with Crippen LogP contribution in [0.5, 0.6) is 0 Å². The number of ether oxygens (including phenoxy) is 1. The van der Waals surface area contributed by atoms with Crippen molar-refractivity contribution in [1.29, 1.82) is 0 Å². The first-order valence-electron chi connectivity index (χ1n) is 8.91. The number of benzene rings is 1. The standard InChI is InChI=1S/C20H21N5O2/c1-14-12-19(24-23-14)22-18-9-5-8-16(21-18)17-13-25(10-11-27-17)20(26)15-6-3-2-4-7-15/h2-9,12,17H,10-11,13H2,1H3,(H2,21,22,23,24)/t17-/m1/s1. The van der Waals surface area contributed by atoms with Gasteiger partial charge in [-0.05, 0) is 31.2 Å². The summed E-state index contributed by atoms with van der Waals surface area (Å²) >= 11 is 0. The smallest absolute Gasteiger partial charge is 0.254 e. The number of nitrogens with zero attached hydrogens (tertiary/aromatic N) is 3. The van der Waals surface area contributed by atoms with Crippen LogP contribution in [-0.2, 0) is 4.74 Å². The average molecular weight is 363 g/mol. The van der Waals surface area contributed by atoms with Crippen molar-refractivity contribution in [2.75, 3.05) is 25.0 Å². The van der Waals surface area contributed by atoms with Crippen molar-refractivity contribution in [3.63, 3.8) is 0 Å². The third-order valence-corrected chi connectivity index (χ3v) is 4.44. The molecule has 27 heavy (non-hydrogen) atoms. The quantitative estimate of drug-likeness (QED) is 0.744. The molecule has 2 aromatic heterocycles. The van der Waals surface area contributed by atoms with Gasteiger partial charge in [0, 0.05) is 23.9 Å². The summed E-state index contributed by atoms with van der Waals surface area (Å²) in [5.74, 6) is 1.42. The zero-order valence-electron chi connectivity index (χ0n) is 15.1. The van der Waals surface area contributed by atoms with Gasteiger partial charge in [0.2, 0.25) is 0 Å². The van der Waals surface area contributed by atoms with Gasteiger partial charge in [0.25, 0.3) is 5.91 Å². The van der Waals surface area contributed by atoms with Crippen LogP contribution in [0.1, 0.15) is 27.8 Å². The molecule has 1 aliphatic rings. The lowest BCUT2D eigenvalue weighted by molar-refractivity contribution is -0.0246. The van der Waals surface area contributed by atoms with Gasteiger partial charge in [-0.2, -0.15) is 5.10 Å². The Morgan fingerprint density at radius 3 is 2.81 bits per heavy atom. The summed E-state index contributed by atoms with van der Waals surface area (Å²) in [5, 5.41) is 10.2. The Morgan fingerprint density at radius 2 is 2.04 bits per heavy atom. The molecule has 138 valence electrons. The molecule has 3 heterocycles. The van der Waals surface area contributed by atoms with Crippen LogP contribution >= 0.6 is 0 Å². The molecule has 0 spiro atoms. The van der Waals surface area contributed by atoms with Crippen molar-refractivity contribution in [3.8, 4) is 0 Å². The minimum Gasteiger partial charge on any atom is -0.368 e. The number of aryl methyl sites for hydroxylation is 1. The number of hydrogen-bond acceptors (Lipinski definition) is 5. The second kappa shape index (κ2) is 7.59. The van der Waals surface area contributed by atoms with Gasteiger partial charge in [-0.15, -0.1) is 0 Å². The minimum absolute atomic E-state index is 0.0187. The van der Waals surface area contributed by atoms with E-state index in [0.29, 0.717) is 36.9 Å². The van der Waals surface area contributed by atoms with E-state index in [1.807, 2.05) is 66.4 Å². The Bertz CT molecular complexity index is 925. The zero-order valence-corrected chi connectivity index (χ0v) is 15.1. The van der Waals surface area contributed by atoms with Crippen molar-refractivity contribution in [1.82, 2.24) is 20.1 Å². The van der Waals surface area contributed by atoms with E-state index < -0.39 is 0 Å². The molecule has 2 N–H and O–H groups in total. The van der Waals surface area contributed by atoms with E-state index in [9.17, 15) is 4.79 Å². The van der Waals surface area contributed by atoms with E-state index in [4.69, 9.17) is 4.74 Å². The summed E-state index contributed by atoms with van der Waals surface area (Å²) in [6, 6.07) is 16.9. The van der Waals surface area contributed by atoms with Gasteiger partial charge in [-0.1, -0.05) is 24.3 Å². The zero-order chi connectivity index (χ0) is 18.6. The number of carbonyl (C=O) groups is 1. The SMILES string of the molecule is Cc1cc(Nc2cccc([C@H]3CN(C(=O)c4ccccc4)CCO3)n2)n[nH]1. The Balaban J connectivity index is 1.48. The van der Waals surface area contributed by atoms with Crippen LogP contribution in [0.3, 0.4) is 0 Å². The van der Waals surface area contributed by atoms with Crippen LogP contribution in [0.4, 0.5) is 11.6 Å². The van der Waals surface area contributed by atoms with Crippen molar-refractivity contribution in [3.05, 3.63) is 71.5 Å². The van der Waals surface area contributed by atoms with Crippen LogP contribution in [0.15, 0.2) is 54.6 Å². The molecular formula is C20H21N5O2. The first kappa shape index (κ1) is 17.2. The molecule has 7 heteroatoms. The topological polar surface area (TPSA) is 83.1 Å². The Labute approximate surface area is 157 Å². The number of aromatic nitrogens is 3. The summed E-state index contributed by atoms with van der Waals surface area (Å²) in [6.07, 6.45) is -0.255. The molecule has 1 aromatic carbocycles. The van der Waals surface area contributed by atoms with E-state index >= 15 is 0 Å². The number of rotatable bonds is 4. The predicted molar refractivity (Wildman–Crippen MR) is 102 cm³/mol.